The Hall–Kier alpha value is -2.50. The van der Waals surface area contributed by atoms with Crippen molar-refractivity contribution in [2.45, 2.75) is 20.8 Å². The van der Waals surface area contributed by atoms with E-state index in [9.17, 15) is 9.59 Å². The Balaban J connectivity index is 2.43. The Bertz CT molecular complexity index is 707. The molecule has 0 radical (unpaired) electrons. The number of aromatic nitrogens is 3. The second-order valence-electron chi connectivity index (χ2n) is 4.37. The molecule has 0 spiro atoms. The minimum atomic E-state index is -0.679. The van der Waals surface area contributed by atoms with Crippen LogP contribution in [0.5, 0.6) is 0 Å². The predicted molar refractivity (Wildman–Crippen MR) is 73.5 cm³/mol. The molecular weight excluding hydrogens is 258 g/mol. The molecule has 2 aromatic heterocycles. The van der Waals surface area contributed by atoms with E-state index < -0.39 is 11.5 Å². The molecule has 0 bridgehead atoms. The number of H-pyrrole nitrogens is 1. The van der Waals surface area contributed by atoms with Gasteiger partial charge in [0.05, 0.1) is 6.61 Å². The van der Waals surface area contributed by atoms with Crippen molar-refractivity contribution in [2.75, 3.05) is 6.61 Å². The van der Waals surface area contributed by atoms with E-state index in [0.29, 0.717) is 11.5 Å². The molecule has 20 heavy (non-hydrogen) atoms. The van der Waals surface area contributed by atoms with Crippen LogP contribution in [0.2, 0.25) is 0 Å². The Labute approximate surface area is 115 Å². The van der Waals surface area contributed by atoms with Crippen molar-refractivity contribution < 1.29 is 9.53 Å². The lowest BCUT2D eigenvalue weighted by molar-refractivity contribution is 0.0524. The Morgan fingerprint density at radius 1 is 1.30 bits per heavy atom. The molecule has 0 aromatic carbocycles. The quantitative estimate of drug-likeness (QED) is 0.859. The highest BCUT2D eigenvalue weighted by Crippen LogP contribution is 2.16. The van der Waals surface area contributed by atoms with Crippen LogP contribution in [0.1, 0.15) is 28.4 Å². The van der Waals surface area contributed by atoms with Gasteiger partial charge in [-0.1, -0.05) is 6.07 Å². The van der Waals surface area contributed by atoms with E-state index >= 15 is 0 Å². The molecule has 6 nitrogen and oxygen atoms in total. The first-order chi connectivity index (χ1) is 9.52. The molecule has 6 heteroatoms. The van der Waals surface area contributed by atoms with Gasteiger partial charge in [-0.3, -0.25) is 9.78 Å². The van der Waals surface area contributed by atoms with Crippen LogP contribution >= 0.6 is 0 Å². The van der Waals surface area contributed by atoms with Crippen LogP contribution in [0, 0.1) is 13.8 Å². The normalized spacial score (nSPS) is 10.3. The Kier molecular flexibility index (Phi) is 3.93. The fourth-order valence-corrected chi connectivity index (χ4v) is 1.83. The van der Waals surface area contributed by atoms with Crippen LogP contribution in [0.4, 0.5) is 0 Å². The number of pyridine rings is 1. The van der Waals surface area contributed by atoms with Crippen LogP contribution < -0.4 is 5.56 Å². The van der Waals surface area contributed by atoms with Crippen LogP contribution in [0.15, 0.2) is 23.3 Å². The number of nitrogens with one attached hydrogen (secondary N) is 1. The fraction of sp³-hybridized carbons (Fsp3) is 0.286. The van der Waals surface area contributed by atoms with Gasteiger partial charge in [-0.15, -0.1) is 0 Å². The highest BCUT2D eigenvalue weighted by atomic mass is 16.5. The lowest BCUT2D eigenvalue weighted by atomic mass is 10.1. The summed E-state index contributed by atoms with van der Waals surface area (Å²) >= 11 is 0. The van der Waals surface area contributed by atoms with Crippen LogP contribution in [-0.4, -0.2) is 27.5 Å². The SMILES string of the molecule is CCOC(=O)c1cnc(-c2ncc(C)cc2C)[nH]c1=O. The second-order valence-corrected chi connectivity index (χ2v) is 4.37. The van der Waals surface area contributed by atoms with E-state index in [0.717, 1.165) is 11.1 Å². The van der Waals surface area contributed by atoms with Crippen molar-refractivity contribution in [1.29, 1.82) is 0 Å². The summed E-state index contributed by atoms with van der Waals surface area (Å²) in [7, 11) is 0. The molecule has 0 amide bonds. The summed E-state index contributed by atoms with van der Waals surface area (Å²) < 4.78 is 4.78. The van der Waals surface area contributed by atoms with Gasteiger partial charge < -0.3 is 9.72 Å². The van der Waals surface area contributed by atoms with Gasteiger partial charge in [-0.2, -0.15) is 0 Å². The van der Waals surface area contributed by atoms with E-state index in [1.807, 2.05) is 19.9 Å². The first-order valence-electron chi connectivity index (χ1n) is 6.23. The van der Waals surface area contributed by atoms with Crippen LogP contribution in [-0.2, 0) is 4.74 Å². The first-order valence-corrected chi connectivity index (χ1v) is 6.23. The number of esters is 1. The minimum Gasteiger partial charge on any atom is -0.462 e. The molecule has 0 atom stereocenters. The maximum Gasteiger partial charge on any atom is 0.345 e. The fourth-order valence-electron chi connectivity index (χ4n) is 1.83. The lowest BCUT2D eigenvalue weighted by Crippen LogP contribution is -2.21. The third kappa shape index (κ3) is 2.74. The average molecular weight is 273 g/mol. The van der Waals surface area contributed by atoms with Crippen LogP contribution in [0.3, 0.4) is 0 Å². The molecule has 2 rings (SSSR count). The molecule has 0 aliphatic carbocycles. The summed E-state index contributed by atoms with van der Waals surface area (Å²) in [6, 6.07) is 1.95. The smallest absolute Gasteiger partial charge is 0.345 e. The summed E-state index contributed by atoms with van der Waals surface area (Å²) in [5.74, 6) is -0.345. The lowest BCUT2D eigenvalue weighted by Gasteiger charge is -2.06. The van der Waals surface area contributed by atoms with E-state index in [-0.39, 0.29) is 12.2 Å². The molecular formula is C14H15N3O3. The largest absolute Gasteiger partial charge is 0.462 e. The monoisotopic (exact) mass is 273 g/mol. The van der Waals surface area contributed by atoms with Crippen LogP contribution in [0.25, 0.3) is 11.5 Å². The number of nitrogens with zero attached hydrogens (tertiary/aromatic N) is 2. The Morgan fingerprint density at radius 2 is 2.05 bits per heavy atom. The maximum absolute atomic E-state index is 11.9. The van der Waals surface area contributed by atoms with Gasteiger partial charge >= 0.3 is 5.97 Å². The summed E-state index contributed by atoms with van der Waals surface area (Å²) in [6.45, 7) is 5.70. The maximum atomic E-state index is 11.9. The van der Waals surface area contributed by atoms with E-state index in [1.165, 1.54) is 6.20 Å². The van der Waals surface area contributed by atoms with Crippen molar-refractivity contribution in [2.24, 2.45) is 0 Å². The highest BCUT2D eigenvalue weighted by molar-refractivity contribution is 5.88. The molecule has 0 saturated heterocycles. The molecule has 0 fully saturated rings. The molecule has 0 aliphatic rings. The molecule has 0 aliphatic heterocycles. The number of rotatable bonds is 3. The number of carbonyl (C=O) groups is 1. The third-order valence-corrected chi connectivity index (χ3v) is 2.73. The van der Waals surface area contributed by atoms with Crippen molar-refractivity contribution >= 4 is 5.97 Å². The molecule has 0 saturated carbocycles. The van der Waals surface area contributed by atoms with E-state index in [1.54, 1.807) is 13.1 Å². The summed E-state index contributed by atoms with van der Waals surface area (Å²) in [5.41, 5.74) is 1.87. The molecule has 104 valence electrons. The molecule has 2 aromatic rings. The second kappa shape index (κ2) is 5.64. The van der Waals surface area contributed by atoms with Gasteiger partial charge in [-0.25, -0.2) is 9.78 Å². The van der Waals surface area contributed by atoms with Gasteiger partial charge in [0.15, 0.2) is 5.82 Å². The van der Waals surface area contributed by atoms with E-state index in [2.05, 4.69) is 15.0 Å². The first kappa shape index (κ1) is 13.9. The third-order valence-electron chi connectivity index (χ3n) is 2.73. The number of carbonyl (C=O) groups excluding carboxylic acids is 1. The van der Waals surface area contributed by atoms with Gasteiger partial charge in [0.25, 0.3) is 5.56 Å². The number of hydrogen-bond donors (Lipinski definition) is 1. The number of hydrogen-bond acceptors (Lipinski definition) is 5. The topological polar surface area (TPSA) is 84.9 Å². The number of aromatic amines is 1. The minimum absolute atomic E-state index is 0.111. The van der Waals surface area contributed by atoms with Gasteiger partial charge in [0, 0.05) is 12.4 Å². The van der Waals surface area contributed by atoms with Crippen molar-refractivity contribution in [1.82, 2.24) is 15.0 Å². The zero-order valence-electron chi connectivity index (χ0n) is 11.6. The van der Waals surface area contributed by atoms with Crippen molar-refractivity contribution in [3.8, 4) is 11.5 Å². The highest BCUT2D eigenvalue weighted by Gasteiger charge is 2.14. The standard InChI is InChI=1S/C14H15N3O3/c1-4-20-14(19)10-7-16-12(17-13(10)18)11-9(3)5-8(2)6-15-11/h5-7H,4H2,1-3H3,(H,16,17,18). The molecule has 2 heterocycles. The Morgan fingerprint density at radius 3 is 2.65 bits per heavy atom. The van der Waals surface area contributed by atoms with Gasteiger partial charge in [-0.05, 0) is 31.9 Å². The molecule has 0 unspecified atom stereocenters. The van der Waals surface area contributed by atoms with Crippen molar-refractivity contribution in [3.63, 3.8) is 0 Å². The zero-order chi connectivity index (χ0) is 14.7. The van der Waals surface area contributed by atoms with Gasteiger partial charge in [0.1, 0.15) is 11.3 Å². The van der Waals surface area contributed by atoms with Crippen molar-refractivity contribution in [3.05, 3.63) is 45.5 Å². The van der Waals surface area contributed by atoms with E-state index in [4.69, 9.17) is 4.74 Å². The van der Waals surface area contributed by atoms with Gasteiger partial charge in [0.2, 0.25) is 0 Å². The predicted octanol–water partition coefficient (Wildman–Crippen LogP) is 1.63. The summed E-state index contributed by atoms with van der Waals surface area (Å²) in [5, 5.41) is 0. The summed E-state index contributed by atoms with van der Waals surface area (Å²) in [6.07, 6.45) is 2.91. The average Bonchev–Trinajstić information content (AvgIpc) is 2.38. The zero-order valence-corrected chi connectivity index (χ0v) is 11.6. The summed E-state index contributed by atoms with van der Waals surface area (Å²) in [4.78, 5) is 34.3. The number of aryl methyl sites for hydroxylation is 2. The number of ether oxygens (including phenoxy) is 1. The molecule has 1 N–H and O–H groups in total.